The first kappa shape index (κ1) is 21.8. The van der Waals surface area contributed by atoms with Gasteiger partial charge in [-0.2, -0.15) is 13.2 Å². The molecule has 0 bridgehead atoms. The Labute approximate surface area is 166 Å². The van der Waals surface area contributed by atoms with Crippen molar-refractivity contribution in [1.82, 2.24) is 4.90 Å². The SMILES string of the molecule is CCN(C)/C=N/c1ccc(C(=O)OCc2cccc(C(F)(F)F)c2)c(C)c1Cl. The molecule has 0 aliphatic rings. The molecular weight excluding hydrogens is 393 g/mol. The third-order valence-corrected chi connectivity index (χ3v) is 4.58. The zero-order valence-corrected chi connectivity index (χ0v) is 16.4. The van der Waals surface area contributed by atoms with E-state index in [1.807, 2.05) is 18.9 Å². The van der Waals surface area contributed by atoms with Crippen LogP contribution in [0.1, 0.15) is 34.0 Å². The maximum Gasteiger partial charge on any atom is 0.416 e. The largest absolute Gasteiger partial charge is 0.457 e. The molecule has 0 heterocycles. The molecule has 0 radical (unpaired) electrons. The molecular formula is C20H20ClF3N2O2. The smallest absolute Gasteiger partial charge is 0.416 e. The molecule has 0 amide bonds. The number of ether oxygens (including phenoxy) is 1. The average Bonchev–Trinajstić information content (AvgIpc) is 2.66. The molecule has 0 saturated heterocycles. The van der Waals surface area contributed by atoms with Crippen molar-refractivity contribution in [2.24, 2.45) is 4.99 Å². The molecule has 150 valence electrons. The van der Waals surface area contributed by atoms with Gasteiger partial charge in [0.15, 0.2) is 0 Å². The fourth-order valence-electron chi connectivity index (χ4n) is 2.30. The summed E-state index contributed by atoms with van der Waals surface area (Å²) in [7, 11) is 1.86. The molecule has 4 nitrogen and oxygen atoms in total. The molecule has 0 N–H and O–H groups in total. The quantitative estimate of drug-likeness (QED) is 0.350. The van der Waals surface area contributed by atoms with Gasteiger partial charge >= 0.3 is 12.1 Å². The van der Waals surface area contributed by atoms with Gasteiger partial charge in [-0.25, -0.2) is 9.79 Å². The molecule has 0 fully saturated rings. The highest BCUT2D eigenvalue weighted by molar-refractivity contribution is 6.34. The van der Waals surface area contributed by atoms with E-state index in [1.54, 1.807) is 19.3 Å². The normalized spacial score (nSPS) is 11.7. The number of rotatable bonds is 6. The molecule has 2 aromatic rings. The summed E-state index contributed by atoms with van der Waals surface area (Å²) in [6.45, 7) is 4.13. The van der Waals surface area contributed by atoms with Crippen LogP contribution in [0, 0.1) is 6.92 Å². The van der Waals surface area contributed by atoms with Crippen LogP contribution in [0.3, 0.4) is 0 Å². The number of esters is 1. The molecule has 8 heteroatoms. The highest BCUT2D eigenvalue weighted by atomic mass is 35.5. The Morgan fingerprint density at radius 2 is 2.00 bits per heavy atom. The topological polar surface area (TPSA) is 41.9 Å². The number of aliphatic imine (C=N–C) groups is 1. The van der Waals surface area contributed by atoms with E-state index >= 15 is 0 Å². The number of benzene rings is 2. The van der Waals surface area contributed by atoms with Crippen LogP contribution >= 0.6 is 11.6 Å². The molecule has 0 aliphatic carbocycles. The summed E-state index contributed by atoms with van der Waals surface area (Å²) >= 11 is 6.29. The first-order chi connectivity index (χ1) is 13.1. The van der Waals surface area contributed by atoms with Gasteiger partial charge in [-0.3, -0.25) is 0 Å². The van der Waals surface area contributed by atoms with Crippen molar-refractivity contribution in [3.05, 3.63) is 63.7 Å². The Hall–Kier alpha value is -2.54. The second kappa shape index (κ2) is 9.10. The summed E-state index contributed by atoms with van der Waals surface area (Å²) in [6.07, 6.45) is -2.82. The molecule has 0 atom stereocenters. The fraction of sp³-hybridized carbons (Fsp3) is 0.300. The van der Waals surface area contributed by atoms with Gasteiger partial charge in [0.2, 0.25) is 0 Å². The minimum atomic E-state index is -4.45. The minimum absolute atomic E-state index is 0.236. The molecule has 0 saturated carbocycles. The lowest BCUT2D eigenvalue weighted by atomic mass is 10.1. The predicted molar refractivity (Wildman–Crippen MR) is 103 cm³/mol. The summed E-state index contributed by atoms with van der Waals surface area (Å²) in [5.74, 6) is -0.669. The zero-order valence-electron chi connectivity index (χ0n) is 15.7. The molecule has 0 aromatic heterocycles. The van der Waals surface area contributed by atoms with Crippen LogP contribution in [0.4, 0.5) is 18.9 Å². The first-order valence-corrected chi connectivity index (χ1v) is 8.88. The molecule has 28 heavy (non-hydrogen) atoms. The second-order valence-electron chi connectivity index (χ2n) is 6.16. The van der Waals surface area contributed by atoms with E-state index < -0.39 is 17.7 Å². The minimum Gasteiger partial charge on any atom is -0.457 e. The number of nitrogens with zero attached hydrogens (tertiary/aromatic N) is 2. The van der Waals surface area contributed by atoms with Crippen LogP contribution in [0.5, 0.6) is 0 Å². The van der Waals surface area contributed by atoms with Crippen LogP contribution in [-0.4, -0.2) is 30.8 Å². The van der Waals surface area contributed by atoms with E-state index in [4.69, 9.17) is 16.3 Å². The monoisotopic (exact) mass is 412 g/mol. The lowest BCUT2D eigenvalue weighted by Crippen LogP contribution is -2.14. The number of hydrogen-bond acceptors (Lipinski definition) is 3. The fourth-order valence-corrected chi connectivity index (χ4v) is 2.51. The van der Waals surface area contributed by atoms with Gasteiger partial charge in [0.1, 0.15) is 6.61 Å². The Morgan fingerprint density at radius 1 is 1.29 bits per heavy atom. The van der Waals surface area contributed by atoms with E-state index in [2.05, 4.69) is 4.99 Å². The lowest BCUT2D eigenvalue weighted by Gasteiger charge is -2.12. The number of hydrogen-bond donors (Lipinski definition) is 0. The van der Waals surface area contributed by atoms with Crippen molar-refractivity contribution in [3.63, 3.8) is 0 Å². The molecule has 0 spiro atoms. The molecule has 2 rings (SSSR count). The van der Waals surface area contributed by atoms with E-state index in [-0.39, 0.29) is 17.7 Å². The van der Waals surface area contributed by atoms with Gasteiger partial charge in [0.05, 0.1) is 28.2 Å². The number of halogens is 4. The maximum atomic E-state index is 12.8. The number of carbonyl (C=O) groups excluding carboxylic acids is 1. The Kier molecular flexibility index (Phi) is 7.07. The third kappa shape index (κ3) is 5.48. The van der Waals surface area contributed by atoms with Gasteiger partial charge in [0, 0.05) is 13.6 Å². The van der Waals surface area contributed by atoms with Crippen LogP contribution in [-0.2, 0) is 17.5 Å². The summed E-state index contributed by atoms with van der Waals surface area (Å²) in [4.78, 5) is 18.5. The van der Waals surface area contributed by atoms with Crippen molar-refractivity contribution in [2.75, 3.05) is 13.6 Å². The van der Waals surface area contributed by atoms with E-state index in [0.29, 0.717) is 16.3 Å². The van der Waals surface area contributed by atoms with E-state index in [9.17, 15) is 18.0 Å². The van der Waals surface area contributed by atoms with Crippen molar-refractivity contribution in [3.8, 4) is 0 Å². The van der Waals surface area contributed by atoms with Crippen LogP contribution in [0.2, 0.25) is 5.02 Å². The van der Waals surface area contributed by atoms with Crippen LogP contribution < -0.4 is 0 Å². The number of carbonyl (C=O) groups is 1. The van der Waals surface area contributed by atoms with Crippen LogP contribution in [0.25, 0.3) is 0 Å². The molecule has 0 aliphatic heterocycles. The predicted octanol–water partition coefficient (Wildman–Crippen LogP) is 5.64. The first-order valence-electron chi connectivity index (χ1n) is 8.50. The van der Waals surface area contributed by atoms with E-state index in [0.717, 1.165) is 18.7 Å². The standard InChI is InChI=1S/C20H20ClF3N2O2/c1-4-26(3)12-25-17-9-8-16(13(2)18(17)21)19(27)28-11-14-6-5-7-15(10-14)20(22,23)24/h5-10,12H,4,11H2,1-3H3/b25-12+. The van der Waals surface area contributed by atoms with E-state index in [1.165, 1.54) is 18.2 Å². The Morgan fingerprint density at radius 3 is 2.64 bits per heavy atom. The van der Waals surface area contributed by atoms with Gasteiger partial charge in [-0.05, 0) is 49.2 Å². The van der Waals surface area contributed by atoms with Crippen molar-refractivity contribution < 1.29 is 22.7 Å². The molecule has 0 unspecified atom stereocenters. The second-order valence-corrected chi connectivity index (χ2v) is 6.54. The Bertz CT molecular complexity index is 882. The van der Waals surface area contributed by atoms with Crippen molar-refractivity contribution in [2.45, 2.75) is 26.6 Å². The van der Waals surface area contributed by atoms with Crippen LogP contribution in [0.15, 0.2) is 41.4 Å². The summed E-state index contributed by atoms with van der Waals surface area (Å²) < 4.78 is 43.5. The highest BCUT2D eigenvalue weighted by Crippen LogP contribution is 2.31. The average molecular weight is 413 g/mol. The van der Waals surface area contributed by atoms with Gasteiger partial charge in [-0.1, -0.05) is 23.7 Å². The lowest BCUT2D eigenvalue weighted by molar-refractivity contribution is -0.137. The maximum absolute atomic E-state index is 12.8. The third-order valence-electron chi connectivity index (χ3n) is 4.10. The highest BCUT2D eigenvalue weighted by Gasteiger charge is 2.30. The molecule has 2 aromatic carbocycles. The van der Waals surface area contributed by atoms with Gasteiger partial charge in [0.25, 0.3) is 0 Å². The van der Waals surface area contributed by atoms with Crippen molar-refractivity contribution >= 4 is 29.6 Å². The summed E-state index contributed by atoms with van der Waals surface area (Å²) in [5.41, 5.74) is 0.688. The van der Waals surface area contributed by atoms with Gasteiger partial charge in [-0.15, -0.1) is 0 Å². The summed E-state index contributed by atoms with van der Waals surface area (Å²) in [6, 6.07) is 7.78. The van der Waals surface area contributed by atoms with Gasteiger partial charge < -0.3 is 9.64 Å². The van der Waals surface area contributed by atoms with Crippen molar-refractivity contribution in [1.29, 1.82) is 0 Å². The Balaban J connectivity index is 2.13. The number of alkyl halides is 3. The summed E-state index contributed by atoms with van der Waals surface area (Å²) in [5, 5.41) is 0.314. The zero-order chi connectivity index (χ0) is 20.9.